The average molecular weight is 293 g/mol. The predicted molar refractivity (Wildman–Crippen MR) is 89.1 cm³/mol. The van der Waals surface area contributed by atoms with Crippen LogP contribution in [0.25, 0.3) is 0 Å². The Morgan fingerprint density at radius 1 is 0.909 bits per heavy atom. The van der Waals surface area contributed by atoms with Gasteiger partial charge in [0, 0.05) is 13.1 Å². The molecule has 0 radical (unpaired) electrons. The second kappa shape index (κ2) is 5.86. The minimum absolute atomic E-state index is 0.0893. The highest BCUT2D eigenvalue weighted by atomic mass is 16.5. The second-order valence-corrected chi connectivity index (χ2v) is 6.59. The lowest BCUT2D eigenvalue weighted by molar-refractivity contribution is 0.0152. The van der Waals surface area contributed by atoms with Crippen LogP contribution in [0.3, 0.4) is 0 Å². The smallest absolute Gasteiger partial charge is 0.109 e. The van der Waals surface area contributed by atoms with Gasteiger partial charge in [-0.1, -0.05) is 48.5 Å². The van der Waals surface area contributed by atoms with Gasteiger partial charge in [-0.25, -0.2) is 0 Å². The van der Waals surface area contributed by atoms with Gasteiger partial charge in [-0.15, -0.1) is 0 Å². The van der Waals surface area contributed by atoms with Crippen LogP contribution in [-0.2, 0) is 17.6 Å². The van der Waals surface area contributed by atoms with Crippen LogP contribution in [0.1, 0.15) is 34.8 Å². The zero-order chi connectivity index (χ0) is 14.9. The molecule has 2 nitrogen and oxygen atoms in total. The van der Waals surface area contributed by atoms with E-state index in [1.165, 1.54) is 22.3 Å². The minimum atomic E-state index is 0.0893. The largest absolute Gasteiger partial charge is 0.364 e. The topological polar surface area (TPSA) is 12.5 Å². The zero-order valence-corrected chi connectivity index (χ0v) is 13.2. The second-order valence-electron chi connectivity index (χ2n) is 6.59. The van der Waals surface area contributed by atoms with E-state index in [4.69, 9.17) is 4.74 Å². The fraction of sp³-hybridized carbons (Fsp3) is 0.400. The molecule has 1 saturated heterocycles. The SMILES string of the molecule is CN1CCC(OC2c3ccccc3CCc3ccccc32)C1. The number of likely N-dealkylation sites (N-methyl/N-ethyl adjacent to an activating group) is 1. The summed E-state index contributed by atoms with van der Waals surface area (Å²) < 4.78 is 6.61. The van der Waals surface area contributed by atoms with Gasteiger partial charge < -0.3 is 9.64 Å². The van der Waals surface area contributed by atoms with Gasteiger partial charge in [0.05, 0.1) is 6.10 Å². The third-order valence-corrected chi connectivity index (χ3v) is 5.02. The molecule has 2 heteroatoms. The molecule has 22 heavy (non-hydrogen) atoms. The Morgan fingerprint density at radius 3 is 2.05 bits per heavy atom. The van der Waals surface area contributed by atoms with E-state index in [1.54, 1.807) is 0 Å². The lowest BCUT2D eigenvalue weighted by atomic mass is 9.97. The van der Waals surface area contributed by atoms with Crippen LogP contribution in [0.2, 0.25) is 0 Å². The van der Waals surface area contributed by atoms with E-state index in [2.05, 4.69) is 60.5 Å². The summed E-state index contributed by atoms with van der Waals surface area (Å²) in [5.74, 6) is 0. The molecule has 0 saturated carbocycles. The van der Waals surface area contributed by atoms with Crippen molar-refractivity contribution in [1.82, 2.24) is 4.90 Å². The first-order valence-electron chi connectivity index (χ1n) is 8.31. The van der Waals surface area contributed by atoms with Gasteiger partial charge in [0.25, 0.3) is 0 Å². The lowest BCUT2D eigenvalue weighted by Gasteiger charge is -2.24. The van der Waals surface area contributed by atoms with Crippen molar-refractivity contribution in [1.29, 1.82) is 0 Å². The first-order valence-corrected chi connectivity index (χ1v) is 8.31. The van der Waals surface area contributed by atoms with Crippen molar-refractivity contribution in [2.45, 2.75) is 31.5 Å². The Hall–Kier alpha value is -1.64. The average Bonchev–Trinajstić information content (AvgIpc) is 2.89. The Balaban J connectivity index is 1.74. The molecular formula is C20H23NO. The molecule has 1 unspecified atom stereocenters. The summed E-state index contributed by atoms with van der Waals surface area (Å²) in [7, 11) is 2.18. The lowest BCUT2D eigenvalue weighted by Crippen LogP contribution is -2.22. The van der Waals surface area contributed by atoms with Gasteiger partial charge >= 0.3 is 0 Å². The molecular weight excluding hydrogens is 270 g/mol. The standard InChI is InChI=1S/C20H23NO/c1-21-13-12-17(14-21)22-20-18-8-4-2-6-15(18)10-11-16-7-3-5-9-19(16)20/h2-9,17,20H,10-14H2,1H3. The van der Waals surface area contributed by atoms with Crippen LogP contribution < -0.4 is 0 Å². The summed E-state index contributed by atoms with van der Waals surface area (Å²) in [5.41, 5.74) is 5.61. The number of ether oxygens (including phenoxy) is 1. The van der Waals surface area contributed by atoms with E-state index in [1.807, 2.05) is 0 Å². The van der Waals surface area contributed by atoms with E-state index in [0.29, 0.717) is 6.10 Å². The zero-order valence-electron chi connectivity index (χ0n) is 13.2. The van der Waals surface area contributed by atoms with E-state index in [-0.39, 0.29) is 6.10 Å². The van der Waals surface area contributed by atoms with Crippen molar-refractivity contribution in [3.63, 3.8) is 0 Å². The minimum Gasteiger partial charge on any atom is -0.364 e. The Bertz CT molecular complexity index is 619. The van der Waals surface area contributed by atoms with Gasteiger partial charge in [-0.05, 0) is 48.6 Å². The molecule has 0 aromatic heterocycles. The number of likely N-dealkylation sites (tertiary alicyclic amines) is 1. The molecule has 0 amide bonds. The first-order chi connectivity index (χ1) is 10.8. The van der Waals surface area contributed by atoms with Gasteiger partial charge in [0.1, 0.15) is 6.10 Å². The molecule has 0 spiro atoms. The van der Waals surface area contributed by atoms with E-state index in [9.17, 15) is 0 Å². The maximum absolute atomic E-state index is 6.61. The number of hydrogen-bond acceptors (Lipinski definition) is 2. The quantitative estimate of drug-likeness (QED) is 0.839. The molecule has 0 N–H and O–H groups in total. The van der Waals surface area contributed by atoms with E-state index >= 15 is 0 Å². The highest BCUT2D eigenvalue weighted by Crippen LogP contribution is 2.36. The third kappa shape index (κ3) is 2.57. The first kappa shape index (κ1) is 14.0. The predicted octanol–water partition coefficient (Wildman–Crippen LogP) is 3.60. The van der Waals surface area contributed by atoms with Gasteiger partial charge in [0.2, 0.25) is 0 Å². The third-order valence-electron chi connectivity index (χ3n) is 5.02. The Morgan fingerprint density at radius 2 is 1.50 bits per heavy atom. The maximum Gasteiger partial charge on any atom is 0.109 e. The molecule has 1 aliphatic heterocycles. The van der Waals surface area contributed by atoms with E-state index < -0.39 is 0 Å². The Labute approximate surface area is 132 Å². The number of benzene rings is 2. The number of rotatable bonds is 2. The molecule has 2 aromatic carbocycles. The van der Waals surface area contributed by atoms with Crippen LogP contribution in [0.4, 0.5) is 0 Å². The fourth-order valence-corrected chi connectivity index (χ4v) is 3.82. The number of aryl methyl sites for hydroxylation is 2. The molecule has 2 aliphatic rings. The number of fused-ring (bicyclic) bond motifs is 2. The molecule has 1 heterocycles. The summed E-state index contributed by atoms with van der Waals surface area (Å²) >= 11 is 0. The summed E-state index contributed by atoms with van der Waals surface area (Å²) in [4.78, 5) is 2.36. The summed E-state index contributed by atoms with van der Waals surface area (Å²) in [6.45, 7) is 2.18. The molecule has 2 aromatic rings. The molecule has 4 rings (SSSR count). The van der Waals surface area contributed by atoms with Crippen molar-refractivity contribution >= 4 is 0 Å². The van der Waals surface area contributed by atoms with Crippen molar-refractivity contribution in [2.75, 3.05) is 20.1 Å². The van der Waals surface area contributed by atoms with Crippen molar-refractivity contribution in [3.05, 3.63) is 70.8 Å². The van der Waals surface area contributed by atoms with Gasteiger partial charge in [0.15, 0.2) is 0 Å². The van der Waals surface area contributed by atoms with Crippen LogP contribution in [0, 0.1) is 0 Å². The monoisotopic (exact) mass is 293 g/mol. The fourth-order valence-electron chi connectivity index (χ4n) is 3.82. The number of nitrogens with zero attached hydrogens (tertiary/aromatic N) is 1. The highest BCUT2D eigenvalue weighted by Gasteiger charge is 2.29. The van der Waals surface area contributed by atoms with Crippen LogP contribution in [0.15, 0.2) is 48.5 Å². The Kier molecular flexibility index (Phi) is 3.73. The molecule has 114 valence electrons. The molecule has 0 bridgehead atoms. The van der Waals surface area contributed by atoms with Gasteiger partial charge in [-0.2, -0.15) is 0 Å². The normalized spacial score (nSPS) is 22.1. The van der Waals surface area contributed by atoms with Crippen LogP contribution in [-0.4, -0.2) is 31.1 Å². The molecule has 1 atom stereocenters. The van der Waals surface area contributed by atoms with Crippen molar-refractivity contribution in [2.24, 2.45) is 0 Å². The molecule has 1 fully saturated rings. The van der Waals surface area contributed by atoms with Crippen molar-refractivity contribution < 1.29 is 4.74 Å². The summed E-state index contributed by atoms with van der Waals surface area (Å²) in [6, 6.07) is 17.6. The number of hydrogen-bond donors (Lipinski definition) is 0. The van der Waals surface area contributed by atoms with E-state index in [0.717, 1.165) is 32.4 Å². The van der Waals surface area contributed by atoms with Gasteiger partial charge in [-0.3, -0.25) is 0 Å². The van der Waals surface area contributed by atoms with Crippen LogP contribution in [0.5, 0.6) is 0 Å². The highest BCUT2D eigenvalue weighted by molar-refractivity contribution is 5.43. The van der Waals surface area contributed by atoms with Crippen LogP contribution >= 0.6 is 0 Å². The maximum atomic E-state index is 6.61. The van der Waals surface area contributed by atoms with Crippen molar-refractivity contribution in [3.8, 4) is 0 Å². The summed E-state index contributed by atoms with van der Waals surface area (Å²) in [5, 5.41) is 0. The summed E-state index contributed by atoms with van der Waals surface area (Å²) in [6.07, 6.45) is 3.78. The molecule has 1 aliphatic carbocycles.